The minimum Gasteiger partial charge on any atom is -0.333 e. The van der Waals surface area contributed by atoms with Crippen LogP contribution in [0, 0.1) is 6.92 Å². The fourth-order valence-electron chi connectivity index (χ4n) is 4.86. The van der Waals surface area contributed by atoms with E-state index in [1.807, 2.05) is 49.4 Å². The number of likely N-dealkylation sites (N-methyl/N-ethyl adjacent to an activating group) is 1. The van der Waals surface area contributed by atoms with E-state index >= 15 is 0 Å². The third-order valence-electron chi connectivity index (χ3n) is 6.41. The SMILES string of the molecule is Cc1cc(-c2n[nH]c3cc(NC(=O)NC4CN(C)C(C(F)F)C4c4ccccc4)ncc23)ccn1. The number of aromatic nitrogens is 4. The maximum Gasteiger partial charge on any atom is 0.320 e. The van der Waals surface area contributed by atoms with Gasteiger partial charge in [0, 0.05) is 47.6 Å². The average Bonchev–Trinajstić information content (AvgIpc) is 3.39. The number of fused-ring (bicyclic) bond motifs is 1. The van der Waals surface area contributed by atoms with Crippen LogP contribution in [-0.4, -0.2) is 63.2 Å². The number of pyridine rings is 2. The van der Waals surface area contributed by atoms with E-state index in [4.69, 9.17) is 0 Å². The number of likely N-dealkylation sites (tertiary alicyclic amines) is 1. The number of halogens is 2. The zero-order chi connectivity index (χ0) is 24.5. The molecule has 10 heteroatoms. The molecule has 0 bridgehead atoms. The van der Waals surface area contributed by atoms with Gasteiger partial charge in [0.15, 0.2) is 0 Å². The molecule has 3 unspecified atom stereocenters. The number of anilines is 1. The van der Waals surface area contributed by atoms with Crippen LogP contribution in [0.25, 0.3) is 22.2 Å². The van der Waals surface area contributed by atoms with E-state index in [1.54, 1.807) is 30.4 Å². The quantitative estimate of drug-likeness (QED) is 0.401. The van der Waals surface area contributed by atoms with E-state index in [1.165, 1.54) is 0 Å². The number of carbonyl (C=O) groups excluding carboxylic acids is 1. The second kappa shape index (κ2) is 9.38. The van der Waals surface area contributed by atoms with E-state index in [-0.39, 0.29) is 0 Å². The van der Waals surface area contributed by atoms with Gasteiger partial charge >= 0.3 is 6.03 Å². The Labute approximate surface area is 200 Å². The molecule has 0 spiro atoms. The number of nitrogens with zero attached hydrogens (tertiary/aromatic N) is 4. The van der Waals surface area contributed by atoms with Crippen molar-refractivity contribution in [3.63, 3.8) is 0 Å². The van der Waals surface area contributed by atoms with Gasteiger partial charge in [-0.25, -0.2) is 18.6 Å². The van der Waals surface area contributed by atoms with Crippen LogP contribution in [0.1, 0.15) is 17.2 Å². The maximum absolute atomic E-state index is 13.9. The zero-order valence-electron chi connectivity index (χ0n) is 19.2. The van der Waals surface area contributed by atoms with Crippen molar-refractivity contribution in [2.45, 2.75) is 31.4 Å². The first-order valence-electron chi connectivity index (χ1n) is 11.3. The number of aryl methyl sites for hydroxylation is 1. The van der Waals surface area contributed by atoms with Gasteiger partial charge in [0.05, 0.1) is 17.6 Å². The van der Waals surface area contributed by atoms with Gasteiger partial charge in [-0.2, -0.15) is 5.10 Å². The number of benzene rings is 1. The van der Waals surface area contributed by atoms with Gasteiger partial charge in [-0.15, -0.1) is 0 Å². The molecule has 1 aliphatic heterocycles. The molecule has 8 nitrogen and oxygen atoms in total. The summed E-state index contributed by atoms with van der Waals surface area (Å²) in [7, 11) is 1.65. The van der Waals surface area contributed by atoms with Crippen LogP contribution in [0.15, 0.2) is 60.9 Å². The minimum absolute atomic E-state index is 0.309. The summed E-state index contributed by atoms with van der Waals surface area (Å²) in [5.74, 6) is -0.217. The first-order valence-corrected chi connectivity index (χ1v) is 11.3. The van der Waals surface area contributed by atoms with Crippen LogP contribution < -0.4 is 10.6 Å². The van der Waals surface area contributed by atoms with Gasteiger partial charge < -0.3 is 5.32 Å². The summed E-state index contributed by atoms with van der Waals surface area (Å²) < 4.78 is 27.8. The lowest BCUT2D eigenvalue weighted by molar-refractivity contribution is 0.0512. The number of amides is 2. The Morgan fingerprint density at radius 2 is 1.97 bits per heavy atom. The molecule has 5 rings (SSSR count). The van der Waals surface area contributed by atoms with Crippen molar-refractivity contribution in [1.29, 1.82) is 0 Å². The van der Waals surface area contributed by atoms with Crippen LogP contribution in [-0.2, 0) is 0 Å². The first-order chi connectivity index (χ1) is 16.9. The van der Waals surface area contributed by atoms with Crippen molar-refractivity contribution in [3.05, 3.63) is 72.2 Å². The smallest absolute Gasteiger partial charge is 0.320 e. The van der Waals surface area contributed by atoms with Crippen molar-refractivity contribution in [1.82, 2.24) is 30.4 Å². The first kappa shape index (κ1) is 22.9. The summed E-state index contributed by atoms with van der Waals surface area (Å²) in [5.41, 5.74) is 4.01. The summed E-state index contributed by atoms with van der Waals surface area (Å²) in [4.78, 5) is 23.0. The fourth-order valence-corrected chi connectivity index (χ4v) is 4.86. The molecular weight excluding hydrogens is 452 g/mol. The summed E-state index contributed by atoms with van der Waals surface area (Å²) in [6.45, 7) is 2.22. The Kier molecular flexibility index (Phi) is 6.12. The van der Waals surface area contributed by atoms with Crippen LogP contribution in [0.3, 0.4) is 0 Å². The number of rotatable bonds is 5. The number of carbonyl (C=O) groups is 1. The van der Waals surface area contributed by atoms with E-state index in [0.29, 0.717) is 17.9 Å². The standard InChI is InChI=1S/C25H25F2N7O/c1-14-10-16(8-9-28-14)22-17-12-29-20(11-18(17)32-33-22)31-25(35)30-19-13-34(2)23(24(26)27)21(19)15-6-4-3-5-7-15/h3-12,19,21,23-24H,13H2,1-2H3,(H,32,33)(H2,29,30,31,35). The number of nitrogens with one attached hydrogen (secondary N) is 3. The molecule has 2 amide bonds. The van der Waals surface area contributed by atoms with E-state index < -0.39 is 30.5 Å². The molecule has 1 saturated heterocycles. The number of hydrogen-bond donors (Lipinski definition) is 3. The Morgan fingerprint density at radius 1 is 1.17 bits per heavy atom. The summed E-state index contributed by atoms with van der Waals surface area (Å²) in [6.07, 6.45) is 0.825. The Hall–Kier alpha value is -3.92. The number of alkyl halides is 2. The molecule has 1 aliphatic rings. The van der Waals surface area contributed by atoms with Gasteiger partial charge in [0.1, 0.15) is 11.5 Å². The average molecular weight is 478 g/mol. The van der Waals surface area contributed by atoms with Gasteiger partial charge in [-0.05, 0) is 31.7 Å². The number of urea groups is 1. The second-order valence-corrected chi connectivity index (χ2v) is 8.78. The maximum atomic E-state index is 13.9. The van der Waals surface area contributed by atoms with E-state index in [9.17, 15) is 13.6 Å². The van der Waals surface area contributed by atoms with Crippen molar-refractivity contribution in [2.75, 3.05) is 18.9 Å². The van der Waals surface area contributed by atoms with Gasteiger partial charge in [-0.3, -0.25) is 20.3 Å². The highest BCUT2D eigenvalue weighted by Crippen LogP contribution is 2.36. The Balaban J connectivity index is 1.33. The molecule has 4 heterocycles. The van der Waals surface area contributed by atoms with Gasteiger partial charge in [0.2, 0.25) is 0 Å². The largest absolute Gasteiger partial charge is 0.333 e. The van der Waals surface area contributed by atoms with Crippen LogP contribution in [0.2, 0.25) is 0 Å². The fraction of sp³-hybridized carbons (Fsp3) is 0.280. The Bertz CT molecular complexity index is 1340. The van der Waals surface area contributed by atoms with E-state index in [0.717, 1.165) is 27.9 Å². The zero-order valence-corrected chi connectivity index (χ0v) is 19.2. The van der Waals surface area contributed by atoms with Crippen LogP contribution in [0.5, 0.6) is 0 Å². The van der Waals surface area contributed by atoms with Crippen molar-refractivity contribution in [3.8, 4) is 11.3 Å². The number of hydrogen-bond acceptors (Lipinski definition) is 5. The minimum atomic E-state index is -2.54. The number of H-pyrrole nitrogens is 1. The highest BCUT2D eigenvalue weighted by atomic mass is 19.3. The Morgan fingerprint density at radius 3 is 2.71 bits per heavy atom. The molecule has 0 saturated carbocycles. The highest BCUT2D eigenvalue weighted by Gasteiger charge is 2.46. The summed E-state index contributed by atoms with van der Waals surface area (Å²) in [5, 5.41) is 13.8. The van der Waals surface area contributed by atoms with Crippen LogP contribution in [0.4, 0.5) is 19.4 Å². The monoisotopic (exact) mass is 477 g/mol. The predicted octanol–water partition coefficient (Wildman–Crippen LogP) is 4.18. The molecule has 180 valence electrons. The lowest BCUT2D eigenvalue weighted by atomic mass is 9.88. The van der Waals surface area contributed by atoms with Crippen LogP contribution >= 0.6 is 0 Å². The molecule has 1 fully saturated rings. The molecule has 1 aromatic carbocycles. The van der Waals surface area contributed by atoms with Gasteiger partial charge in [0.25, 0.3) is 6.43 Å². The second-order valence-electron chi connectivity index (χ2n) is 8.78. The highest BCUT2D eigenvalue weighted by molar-refractivity contribution is 5.95. The molecule has 3 N–H and O–H groups in total. The lowest BCUT2D eigenvalue weighted by Gasteiger charge is -2.26. The third kappa shape index (κ3) is 4.57. The third-order valence-corrected chi connectivity index (χ3v) is 6.41. The lowest BCUT2D eigenvalue weighted by Crippen LogP contribution is -2.43. The van der Waals surface area contributed by atoms with Crippen molar-refractivity contribution >= 4 is 22.8 Å². The van der Waals surface area contributed by atoms with Crippen molar-refractivity contribution < 1.29 is 13.6 Å². The molecular formula is C25H25F2N7O. The van der Waals surface area contributed by atoms with E-state index in [2.05, 4.69) is 30.8 Å². The molecule has 3 atom stereocenters. The molecule has 0 radical (unpaired) electrons. The molecule has 3 aromatic heterocycles. The van der Waals surface area contributed by atoms with Gasteiger partial charge in [-0.1, -0.05) is 30.3 Å². The van der Waals surface area contributed by atoms with Crippen molar-refractivity contribution in [2.24, 2.45) is 0 Å². The topological polar surface area (TPSA) is 98.8 Å². The molecule has 4 aromatic rings. The molecule has 35 heavy (non-hydrogen) atoms. The summed E-state index contributed by atoms with van der Waals surface area (Å²) >= 11 is 0. The summed E-state index contributed by atoms with van der Waals surface area (Å²) in [6, 6.07) is 12.6. The predicted molar refractivity (Wildman–Crippen MR) is 129 cm³/mol. The number of aromatic amines is 1. The molecule has 0 aliphatic carbocycles. The normalized spacial score (nSPS) is 20.4.